The number of thioether (sulfide) groups is 1. The van der Waals surface area contributed by atoms with E-state index in [0.717, 1.165) is 27.4 Å². The summed E-state index contributed by atoms with van der Waals surface area (Å²) in [6, 6.07) is 21.6. The van der Waals surface area contributed by atoms with E-state index in [1.165, 1.54) is 23.1 Å². The molecule has 0 fully saturated rings. The van der Waals surface area contributed by atoms with Gasteiger partial charge in [-0.2, -0.15) is 0 Å². The molecule has 2 aromatic heterocycles. The molecule has 5 aromatic rings. The predicted molar refractivity (Wildman–Crippen MR) is 168 cm³/mol. The Balaban J connectivity index is 1.28. The van der Waals surface area contributed by atoms with Crippen LogP contribution in [0.15, 0.2) is 77.3 Å². The molecule has 0 spiro atoms. The Morgan fingerprint density at radius 1 is 1.02 bits per heavy atom. The number of aromatic nitrogens is 4. The van der Waals surface area contributed by atoms with Crippen LogP contribution in [0.25, 0.3) is 17.1 Å². The van der Waals surface area contributed by atoms with Crippen molar-refractivity contribution in [3.63, 3.8) is 0 Å². The van der Waals surface area contributed by atoms with Gasteiger partial charge >= 0.3 is 0 Å². The molecule has 1 amide bonds. The normalized spacial score (nSPS) is 11.0. The van der Waals surface area contributed by atoms with E-state index >= 15 is 0 Å². The third-order valence-corrected chi connectivity index (χ3v) is 8.97. The lowest BCUT2D eigenvalue weighted by Crippen LogP contribution is -2.29. The molecule has 0 saturated heterocycles. The largest absolute Gasteiger partial charge is 0.493 e. The molecule has 0 unspecified atom stereocenters. The van der Waals surface area contributed by atoms with Crippen LogP contribution in [0, 0.1) is 6.92 Å². The number of aryl methyl sites for hydroxylation is 1. The van der Waals surface area contributed by atoms with Gasteiger partial charge in [-0.05, 0) is 55.3 Å². The molecule has 0 N–H and O–H groups in total. The monoisotopic (exact) mass is 619 g/mol. The number of methoxy groups -OCH3 is 2. The van der Waals surface area contributed by atoms with Crippen LogP contribution in [0.3, 0.4) is 0 Å². The molecular formula is C31H30ClN5O3S2. The summed E-state index contributed by atoms with van der Waals surface area (Å²) >= 11 is 9.50. The third-order valence-electron chi connectivity index (χ3n) is 6.67. The average molecular weight is 620 g/mol. The molecule has 0 aliphatic heterocycles. The Kier molecular flexibility index (Phi) is 9.46. The van der Waals surface area contributed by atoms with Crippen molar-refractivity contribution in [3.8, 4) is 28.6 Å². The number of carbonyl (C=O) groups excluding carboxylic acids is 1. The summed E-state index contributed by atoms with van der Waals surface area (Å²) in [5.41, 5.74) is 4.39. The molecule has 2 heterocycles. The van der Waals surface area contributed by atoms with Gasteiger partial charge in [0.2, 0.25) is 0 Å². The second kappa shape index (κ2) is 13.4. The van der Waals surface area contributed by atoms with Crippen molar-refractivity contribution in [3.05, 3.63) is 99.0 Å². The highest BCUT2D eigenvalue weighted by Crippen LogP contribution is 2.33. The fourth-order valence-electron chi connectivity index (χ4n) is 4.34. The van der Waals surface area contributed by atoms with Gasteiger partial charge in [0.25, 0.3) is 5.91 Å². The topological polar surface area (TPSA) is 82.4 Å². The van der Waals surface area contributed by atoms with Gasteiger partial charge in [-0.15, -0.1) is 21.5 Å². The quantitative estimate of drug-likeness (QED) is 0.148. The van der Waals surface area contributed by atoms with Crippen molar-refractivity contribution in [2.45, 2.75) is 24.3 Å². The van der Waals surface area contributed by atoms with Gasteiger partial charge in [0, 0.05) is 30.2 Å². The number of amides is 1. The fourth-order valence-corrected chi connectivity index (χ4v) is 6.30. The number of nitrogens with zero attached hydrogens (tertiary/aromatic N) is 5. The molecule has 216 valence electrons. The van der Waals surface area contributed by atoms with E-state index in [9.17, 15) is 4.79 Å². The SMILES string of the molecule is COc1ccc(CCN(C)C(=O)c2csc(CSc3nnc(-c4ccccc4Cl)n3-c3ccc(C)cc3)n2)cc1OC. The number of halogens is 1. The smallest absolute Gasteiger partial charge is 0.273 e. The Labute approximate surface area is 258 Å². The van der Waals surface area contributed by atoms with E-state index < -0.39 is 0 Å². The van der Waals surface area contributed by atoms with E-state index in [4.69, 9.17) is 21.1 Å². The Morgan fingerprint density at radius 3 is 2.52 bits per heavy atom. The lowest BCUT2D eigenvalue weighted by molar-refractivity contribution is 0.0791. The minimum Gasteiger partial charge on any atom is -0.493 e. The van der Waals surface area contributed by atoms with Gasteiger partial charge in [-0.3, -0.25) is 9.36 Å². The molecule has 0 aliphatic carbocycles. The highest BCUT2D eigenvalue weighted by atomic mass is 35.5. The fraction of sp³-hybridized carbons (Fsp3) is 0.226. The van der Waals surface area contributed by atoms with Crippen molar-refractivity contribution in [1.29, 1.82) is 0 Å². The van der Waals surface area contributed by atoms with Crippen molar-refractivity contribution in [2.75, 3.05) is 27.8 Å². The number of thiazole rings is 1. The second-order valence-electron chi connectivity index (χ2n) is 9.54. The first-order valence-electron chi connectivity index (χ1n) is 13.2. The molecule has 0 saturated carbocycles. The molecule has 0 atom stereocenters. The zero-order valence-corrected chi connectivity index (χ0v) is 26.1. The number of rotatable bonds is 11. The highest BCUT2D eigenvalue weighted by Gasteiger charge is 2.20. The van der Waals surface area contributed by atoms with Gasteiger partial charge in [-0.1, -0.05) is 59.3 Å². The molecule has 0 bridgehead atoms. The van der Waals surface area contributed by atoms with Gasteiger partial charge in [0.1, 0.15) is 10.7 Å². The first-order valence-corrected chi connectivity index (χ1v) is 15.4. The molecule has 42 heavy (non-hydrogen) atoms. The Bertz CT molecular complexity index is 1690. The van der Waals surface area contributed by atoms with E-state index in [-0.39, 0.29) is 5.91 Å². The van der Waals surface area contributed by atoms with Gasteiger partial charge < -0.3 is 14.4 Å². The van der Waals surface area contributed by atoms with Crippen molar-refractivity contribution < 1.29 is 14.3 Å². The summed E-state index contributed by atoms with van der Waals surface area (Å²) in [6.45, 7) is 2.59. The maximum absolute atomic E-state index is 13.1. The average Bonchev–Trinajstić information content (AvgIpc) is 3.66. The number of ether oxygens (including phenoxy) is 2. The molecule has 11 heteroatoms. The van der Waals surface area contributed by atoms with Crippen LogP contribution in [0.5, 0.6) is 11.5 Å². The zero-order valence-electron chi connectivity index (χ0n) is 23.7. The van der Waals surface area contributed by atoms with Crippen LogP contribution in [-0.4, -0.2) is 58.4 Å². The van der Waals surface area contributed by atoms with E-state index in [1.54, 1.807) is 26.2 Å². The Morgan fingerprint density at radius 2 is 1.79 bits per heavy atom. The number of likely N-dealkylation sites (N-methyl/N-ethyl adjacent to an activating group) is 1. The summed E-state index contributed by atoms with van der Waals surface area (Å²) < 4.78 is 12.7. The van der Waals surface area contributed by atoms with Crippen molar-refractivity contribution in [2.24, 2.45) is 0 Å². The van der Waals surface area contributed by atoms with Crippen molar-refractivity contribution >= 4 is 40.6 Å². The zero-order chi connectivity index (χ0) is 29.6. The number of benzene rings is 3. The van der Waals surface area contributed by atoms with Crippen molar-refractivity contribution in [1.82, 2.24) is 24.6 Å². The minimum absolute atomic E-state index is 0.119. The lowest BCUT2D eigenvalue weighted by atomic mass is 10.1. The molecule has 3 aromatic carbocycles. The number of carbonyl (C=O) groups is 1. The van der Waals surface area contributed by atoms with Crippen LogP contribution in [0.1, 0.15) is 26.6 Å². The van der Waals surface area contributed by atoms with E-state index in [0.29, 0.717) is 51.9 Å². The molecular weight excluding hydrogens is 590 g/mol. The lowest BCUT2D eigenvalue weighted by Gasteiger charge is -2.16. The summed E-state index contributed by atoms with van der Waals surface area (Å²) in [5.74, 6) is 2.43. The summed E-state index contributed by atoms with van der Waals surface area (Å²) in [5, 5.41) is 12.9. The maximum Gasteiger partial charge on any atom is 0.273 e. The van der Waals surface area contributed by atoms with Gasteiger partial charge in [-0.25, -0.2) is 4.98 Å². The van der Waals surface area contributed by atoms with Crippen LogP contribution in [-0.2, 0) is 12.2 Å². The molecule has 0 aliphatic rings. The summed E-state index contributed by atoms with van der Waals surface area (Å²) in [7, 11) is 5.01. The second-order valence-corrected chi connectivity index (χ2v) is 11.8. The van der Waals surface area contributed by atoms with E-state index in [2.05, 4.69) is 34.2 Å². The Hall–Kier alpha value is -3.86. The first-order chi connectivity index (χ1) is 20.4. The third kappa shape index (κ3) is 6.61. The maximum atomic E-state index is 13.1. The number of hydrogen-bond donors (Lipinski definition) is 0. The minimum atomic E-state index is -0.119. The molecule has 8 nitrogen and oxygen atoms in total. The van der Waals surface area contributed by atoms with Crippen LogP contribution in [0.2, 0.25) is 5.02 Å². The van der Waals surface area contributed by atoms with Gasteiger partial charge in [0.05, 0.1) is 25.0 Å². The summed E-state index contributed by atoms with van der Waals surface area (Å²) in [6.07, 6.45) is 0.678. The standard InChI is InChI=1S/C31H30ClN5O3S2/c1-20-9-12-22(13-10-20)37-29(23-7-5-6-8-24(23)32)34-35-31(37)42-19-28-33-25(18-41-28)30(38)36(2)16-15-21-11-14-26(39-3)27(17-21)40-4/h5-14,17-18H,15-16,19H2,1-4H3. The summed E-state index contributed by atoms with van der Waals surface area (Å²) in [4.78, 5) is 19.4. The van der Waals surface area contributed by atoms with E-state index in [1.807, 2.05) is 64.5 Å². The first kappa shape index (κ1) is 29.6. The molecule has 0 radical (unpaired) electrons. The van der Waals surface area contributed by atoms with Gasteiger partial charge in [0.15, 0.2) is 22.5 Å². The van der Waals surface area contributed by atoms with Crippen LogP contribution < -0.4 is 9.47 Å². The van der Waals surface area contributed by atoms with Crippen LogP contribution >= 0.6 is 34.7 Å². The molecule has 5 rings (SSSR count). The van der Waals surface area contributed by atoms with Crippen LogP contribution in [0.4, 0.5) is 0 Å². The highest BCUT2D eigenvalue weighted by molar-refractivity contribution is 7.98. The predicted octanol–water partition coefficient (Wildman–Crippen LogP) is 6.98. The number of hydrogen-bond acceptors (Lipinski definition) is 8.